The van der Waals surface area contributed by atoms with Crippen LogP contribution in [0.15, 0.2) is 53.4 Å². The third kappa shape index (κ3) is 7.16. The molecule has 1 atom stereocenters. The number of para-hydroxylation sites is 1. The first-order chi connectivity index (χ1) is 13.4. The van der Waals surface area contributed by atoms with Crippen LogP contribution < -0.4 is 20.3 Å². The normalized spacial score (nSPS) is 11.8. The van der Waals surface area contributed by atoms with E-state index in [0.29, 0.717) is 10.6 Å². The van der Waals surface area contributed by atoms with Gasteiger partial charge in [0.2, 0.25) is 0 Å². The molecule has 2 aromatic rings. The molecule has 2 rings (SSSR count). The molecule has 1 unspecified atom stereocenters. The first kappa shape index (κ1) is 21.6. The zero-order valence-electron chi connectivity index (χ0n) is 15.5. The molecular formula is C19H22F2N3O3S+. The minimum atomic E-state index is -2.90. The van der Waals surface area contributed by atoms with Gasteiger partial charge < -0.3 is 20.3 Å². The lowest BCUT2D eigenvalue weighted by Crippen LogP contribution is -3.11. The van der Waals surface area contributed by atoms with Crippen LogP contribution in [0, 0.1) is 0 Å². The molecule has 0 spiro atoms. The molecule has 0 aromatic heterocycles. The molecule has 28 heavy (non-hydrogen) atoms. The van der Waals surface area contributed by atoms with Gasteiger partial charge in [0.05, 0.1) is 12.7 Å². The van der Waals surface area contributed by atoms with Gasteiger partial charge in [0.25, 0.3) is 11.8 Å². The average molecular weight is 410 g/mol. The summed E-state index contributed by atoms with van der Waals surface area (Å²) in [5.41, 5.74) is 1.20. The Morgan fingerprint density at radius 1 is 1.04 bits per heavy atom. The summed E-state index contributed by atoms with van der Waals surface area (Å²) < 4.78 is 28.5. The summed E-state index contributed by atoms with van der Waals surface area (Å²) in [6.45, 7) is -2.70. The summed E-state index contributed by atoms with van der Waals surface area (Å²) in [5.74, 6) is -0.476. The number of ether oxygens (including phenoxy) is 1. The average Bonchev–Trinajstić information content (AvgIpc) is 2.63. The van der Waals surface area contributed by atoms with E-state index in [1.54, 1.807) is 7.05 Å². The molecule has 2 amide bonds. The molecule has 0 bridgehead atoms. The monoisotopic (exact) mass is 410 g/mol. The number of likely N-dealkylation sites (N-methyl/N-ethyl adjacent to an activating group) is 1. The molecule has 0 aliphatic carbocycles. The van der Waals surface area contributed by atoms with Crippen LogP contribution >= 0.6 is 11.8 Å². The lowest BCUT2D eigenvalue weighted by atomic mass is 10.3. The molecule has 0 fully saturated rings. The van der Waals surface area contributed by atoms with Crippen LogP contribution in [0.5, 0.6) is 5.75 Å². The number of rotatable bonds is 9. The molecule has 0 saturated heterocycles. The molecule has 9 heteroatoms. The van der Waals surface area contributed by atoms with E-state index in [-0.39, 0.29) is 30.7 Å². The van der Waals surface area contributed by atoms with Gasteiger partial charge in [-0.1, -0.05) is 12.1 Å². The van der Waals surface area contributed by atoms with Crippen molar-refractivity contribution in [3.8, 4) is 5.75 Å². The predicted molar refractivity (Wildman–Crippen MR) is 105 cm³/mol. The van der Waals surface area contributed by atoms with E-state index >= 15 is 0 Å². The molecule has 0 heterocycles. The fraction of sp³-hybridized carbons (Fsp3) is 0.263. The van der Waals surface area contributed by atoms with Crippen molar-refractivity contribution in [1.82, 2.24) is 0 Å². The molecule has 0 aliphatic rings. The lowest BCUT2D eigenvalue weighted by molar-refractivity contribution is -0.862. The molecule has 6 nitrogen and oxygen atoms in total. The summed E-state index contributed by atoms with van der Waals surface area (Å²) in [4.78, 5) is 26.0. The Morgan fingerprint density at radius 2 is 1.64 bits per heavy atom. The molecule has 0 aliphatic heterocycles. The maximum atomic E-state index is 12.2. The van der Waals surface area contributed by atoms with E-state index in [1.807, 2.05) is 30.5 Å². The first-order valence-electron chi connectivity index (χ1n) is 8.46. The van der Waals surface area contributed by atoms with Crippen LogP contribution in [0.25, 0.3) is 0 Å². The Hall–Kier alpha value is -2.65. The van der Waals surface area contributed by atoms with E-state index in [1.165, 1.54) is 36.0 Å². The Kier molecular flexibility index (Phi) is 8.21. The summed E-state index contributed by atoms with van der Waals surface area (Å²) in [5, 5.41) is 5.51. The number of benzene rings is 2. The number of halogens is 2. The zero-order chi connectivity index (χ0) is 20.5. The van der Waals surface area contributed by atoms with E-state index in [4.69, 9.17) is 0 Å². The number of carbonyl (C=O) groups excluding carboxylic acids is 2. The number of thioether (sulfide) groups is 1. The van der Waals surface area contributed by atoms with Crippen LogP contribution in [0.1, 0.15) is 0 Å². The number of nitrogens with one attached hydrogen (secondary N) is 3. The fourth-order valence-corrected chi connectivity index (χ4v) is 3.03. The van der Waals surface area contributed by atoms with Crippen molar-refractivity contribution in [3.63, 3.8) is 0 Å². The van der Waals surface area contributed by atoms with Gasteiger partial charge in [-0.2, -0.15) is 8.78 Å². The van der Waals surface area contributed by atoms with Crippen molar-refractivity contribution in [1.29, 1.82) is 0 Å². The van der Waals surface area contributed by atoms with Gasteiger partial charge in [-0.3, -0.25) is 9.59 Å². The summed E-state index contributed by atoms with van der Waals surface area (Å²) in [6, 6.07) is 13.1. The van der Waals surface area contributed by atoms with Gasteiger partial charge in [0.1, 0.15) is 5.75 Å². The van der Waals surface area contributed by atoms with Crippen molar-refractivity contribution in [2.75, 3.05) is 37.0 Å². The number of alkyl halides is 2. The predicted octanol–water partition coefficient (Wildman–Crippen LogP) is 2.10. The van der Waals surface area contributed by atoms with Gasteiger partial charge in [-0.05, 0) is 42.7 Å². The van der Waals surface area contributed by atoms with Gasteiger partial charge >= 0.3 is 6.61 Å². The number of hydrogen-bond donors (Lipinski definition) is 3. The zero-order valence-corrected chi connectivity index (χ0v) is 16.3. The van der Waals surface area contributed by atoms with Gasteiger partial charge in [0.15, 0.2) is 13.1 Å². The third-order valence-corrected chi connectivity index (χ3v) is 4.46. The smallest absolute Gasteiger partial charge is 0.387 e. The van der Waals surface area contributed by atoms with Crippen LogP contribution in [0.2, 0.25) is 0 Å². The quantitative estimate of drug-likeness (QED) is 0.554. The van der Waals surface area contributed by atoms with Crippen LogP contribution in [-0.2, 0) is 9.59 Å². The number of amides is 2. The fourth-order valence-electron chi connectivity index (χ4n) is 2.48. The number of quaternary nitrogens is 1. The molecule has 3 N–H and O–H groups in total. The minimum absolute atomic E-state index is 0.0120. The van der Waals surface area contributed by atoms with Gasteiger partial charge in [0, 0.05) is 10.6 Å². The minimum Gasteiger partial charge on any atom is -0.435 e. The highest BCUT2D eigenvalue weighted by molar-refractivity contribution is 7.98. The number of anilines is 2. The van der Waals surface area contributed by atoms with Crippen molar-refractivity contribution >= 4 is 35.0 Å². The third-order valence-electron chi connectivity index (χ3n) is 3.67. The molecular weight excluding hydrogens is 388 g/mol. The van der Waals surface area contributed by atoms with Crippen molar-refractivity contribution in [2.45, 2.75) is 11.5 Å². The van der Waals surface area contributed by atoms with Crippen molar-refractivity contribution in [3.05, 3.63) is 48.5 Å². The van der Waals surface area contributed by atoms with Crippen LogP contribution in [0.4, 0.5) is 20.2 Å². The topological polar surface area (TPSA) is 71.9 Å². The molecule has 0 saturated carbocycles. The second kappa shape index (κ2) is 10.6. The van der Waals surface area contributed by atoms with E-state index in [2.05, 4.69) is 15.4 Å². The Morgan fingerprint density at radius 3 is 2.25 bits per heavy atom. The van der Waals surface area contributed by atoms with E-state index < -0.39 is 6.61 Å². The second-order valence-electron chi connectivity index (χ2n) is 6.01. The standard InChI is InChI=1S/C19H21F2N3O3S/c1-24(12-18(26)23-15-5-3-4-6-16(15)28-2)11-17(25)22-13-7-9-14(10-8-13)27-19(20)21/h3-10,19H,11-12H2,1-2H3,(H,22,25)(H,23,26)/p+1. The molecule has 2 aromatic carbocycles. The highest BCUT2D eigenvalue weighted by Crippen LogP contribution is 2.24. The maximum absolute atomic E-state index is 12.2. The van der Waals surface area contributed by atoms with Crippen molar-refractivity contribution in [2.24, 2.45) is 0 Å². The highest BCUT2D eigenvalue weighted by Gasteiger charge is 2.15. The lowest BCUT2D eigenvalue weighted by Gasteiger charge is -2.15. The van der Waals surface area contributed by atoms with Crippen LogP contribution in [0.3, 0.4) is 0 Å². The summed E-state index contributed by atoms with van der Waals surface area (Å²) >= 11 is 1.54. The van der Waals surface area contributed by atoms with E-state index in [0.717, 1.165) is 10.6 Å². The second-order valence-corrected chi connectivity index (χ2v) is 6.86. The Balaban J connectivity index is 1.81. The SMILES string of the molecule is CSc1ccccc1NC(=O)C[NH+](C)CC(=O)Nc1ccc(OC(F)F)cc1. The maximum Gasteiger partial charge on any atom is 0.387 e. The first-order valence-corrected chi connectivity index (χ1v) is 9.68. The summed E-state index contributed by atoms with van der Waals surface area (Å²) in [6.07, 6.45) is 1.93. The number of carbonyl (C=O) groups is 2. The largest absolute Gasteiger partial charge is 0.435 e. The molecule has 0 radical (unpaired) electrons. The Labute approximate surface area is 166 Å². The summed E-state index contributed by atoms with van der Waals surface area (Å²) in [7, 11) is 1.74. The van der Waals surface area contributed by atoms with E-state index in [9.17, 15) is 18.4 Å². The van der Waals surface area contributed by atoms with Crippen molar-refractivity contribution < 1.29 is 28.0 Å². The number of hydrogen-bond acceptors (Lipinski definition) is 4. The van der Waals surface area contributed by atoms with Gasteiger partial charge in [-0.15, -0.1) is 11.8 Å². The van der Waals surface area contributed by atoms with Gasteiger partial charge in [-0.25, -0.2) is 0 Å². The Bertz CT molecular complexity index is 803. The highest BCUT2D eigenvalue weighted by atomic mass is 32.2. The molecule has 150 valence electrons. The van der Waals surface area contributed by atoms with Crippen LogP contribution in [-0.4, -0.2) is 44.8 Å².